The molecule has 0 saturated heterocycles. The van der Waals surface area contributed by atoms with Crippen LogP contribution < -0.4 is 4.90 Å². The summed E-state index contributed by atoms with van der Waals surface area (Å²) in [6.45, 7) is 0.831. The van der Waals surface area contributed by atoms with Crippen LogP contribution in [0.15, 0.2) is 34.3 Å². The molecule has 13 heavy (non-hydrogen) atoms. The third-order valence-corrected chi connectivity index (χ3v) is 2.40. The van der Waals surface area contributed by atoms with Gasteiger partial charge >= 0.3 is 0 Å². The van der Waals surface area contributed by atoms with E-state index in [1.807, 2.05) is 30.8 Å². The smallest absolute Gasteiger partial charge is 0.0902 e. The second-order valence-corrected chi connectivity index (χ2v) is 3.22. The molecule has 2 aliphatic rings. The topological polar surface area (TPSA) is 28.0 Å². The zero-order chi connectivity index (χ0) is 8.67. The van der Waals surface area contributed by atoms with E-state index in [4.69, 9.17) is 0 Å². The van der Waals surface area contributed by atoms with E-state index < -0.39 is 0 Å². The summed E-state index contributed by atoms with van der Waals surface area (Å²) in [7, 11) is 0. The van der Waals surface area contributed by atoms with E-state index in [2.05, 4.69) is 21.0 Å². The van der Waals surface area contributed by atoms with Gasteiger partial charge in [0, 0.05) is 6.21 Å². The zero-order valence-corrected chi connectivity index (χ0v) is 7.09. The highest BCUT2D eigenvalue weighted by molar-refractivity contribution is 5.97. The molecule has 0 fully saturated rings. The SMILES string of the molecule is C1=NCC2C=Nc3ccccc3N12. The lowest BCUT2D eigenvalue weighted by Gasteiger charge is -2.25. The molecule has 0 bridgehead atoms. The van der Waals surface area contributed by atoms with Crippen molar-refractivity contribution >= 4 is 23.9 Å². The van der Waals surface area contributed by atoms with Gasteiger partial charge in [-0.15, -0.1) is 0 Å². The quantitative estimate of drug-likeness (QED) is 0.583. The molecule has 3 nitrogen and oxygen atoms in total. The summed E-state index contributed by atoms with van der Waals surface area (Å²) >= 11 is 0. The van der Waals surface area contributed by atoms with Gasteiger partial charge in [0.05, 0.1) is 30.3 Å². The molecule has 2 heterocycles. The molecule has 0 aromatic heterocycles. The van der Waals surface area contributed by atoms with Gasteiger partial charge < -0.3 is 4.90 Å². The predicted octanol–water partition coefficient (Wildman–Crippen LogP) is 1.62. The van der Waals surface area contributed by atoms with Gasteiger partial charge in [-0.3, -0.25) is 9.98 Å². The van der Waals surface area contributed by atoms with Crippen LogP contribution in [0.25, 0.3) is 0 Å². The molecule has 3 heteroatoms. The predicted molar refractivity (Wildman–Crippen MR) is 54.2 cm³/mol. The van der Waals surface area contributed by atoms with Gasteiger partial charge in [-0.05, 0) is 12.1 Å². The number of hydrogen-bond acceptors (Lipinski definition) is 3. The Balaban J connectivity index is 2.17. The first-order chi connectivity index (χ1) is 6.45. The van der Waals surface area contributed by atoms with Gasteiger partial charge in [0.15, 0.2) is 0 Å². The van der Waals surface area contributed by atoms with Crippen LogP contribution in [0.4, 0.5) is 11.4 Å². The molecular weight excluding hydrogens is 162 g/mol. The fraction of sp³-hybridized carbons (Fsp3) is 0.200. The third-order valence-electron chi connectivity index (χ3n) is 2.40. The monoisotopic (exact) mass is 171 g/mol. The van der Waals surface area contributed by atoms with Crippen LogP contribution in [0, 0.1) is 0 Å². The fourth-order valence-corrected chi connectivity index (χ4v) is 1.73. The third kappa shape index (κ3) is 0.900. The second kappa shape index (κ2) is 2.42. The van der Waals surface area contributed by atoms with E-state index in [9.17, 15) is 0 Å². The van der Waals surface area contributed by atoms with E-state index in [0.717, 1.165) is 17.9 Å². The Morgan fingerprint density at radius 3 is 3.23 bits per heavy atom. The number of benzene rings is 1. The van der Waals surface area contributed by atoms with Crippen LogP contribution >= 0.6 is 0 Å². The minimum atomic E-state index is 0.342. The van der Waals surface area contributed by atoms with Crippen molar-refractivity contribution in [3.8, 4) is 0 Å². The molecule has 0 N–H and O–H groups in total. The Morgan fingerprint density at radius 2 is 2.23 bits per heavy atom. The lowest BCUT2D eigenvalue weighted by molar-refractivity contribution is 0.907. The Kier molecular flexibility index (Phi) is 1.27. The highest BCUT2D eigenvalue weighted by atomic mass is 15.3. The maximum atomic E-state index is 4.39. The van der Waals surface area contributed by atoms with Crippen molar-refractivity contribution in [2.24, 2.45) is 9.98 Å². The Bertz CT molecular complexity index is 395. The van der Waals surface area contributed by atoms with Crippen molar-refractivity contribution in [1.82, 2.24) is 0 Å². The minimum absolute atomic E-state index is 0.342. The van der Waals surface area contributed by atoms with Gasteiger partial charge in [0.25, 0.3) is 0 Å². The maximum absolute atomic E-state index is 4.39. The first-order valence-electron chi connectivity index (χ1n) is 4.37. The number of para-hydroxylation sites is 2. The lowest BCUT2D eigenvalue weighted by Crippen LogP contribution is -2.34. The van der Waals surface area contributed by atoms with Crippen LogP contribution in [0.3, 0.4) is 0 Å². The van der Waals surface area contributed by atoms with Crippen molar-refractivity contribution in [2.45, 2.75) is 6.04 Å². The first kappa shape index (κ1) is 6.83. The molecule has 0 saturated carbocycles. The minimum Gasteiger partial charge on any atom is -0.320 e. The Morgan fingerprint density at radius 1 is 1.31 bits per heavy atom. The number of fused-ring (bicyclic) bond motifs is 3. The summed E-state index contributed by atoms with van der Waals surface area (Å²) < 4.78 is 0. The van der Waals surface area contributed by atoms with Crippen molar-refractivity contribution in [2.75, 3.05) is 11.4 Å². The number of anilines is 1. The van der Waals surface area contributed by atoms with Crippen molar-refractivity contribution in [3.05, 3.63) is 24.3 Å². The average Bonchev–Trinajstić information content (AvgIpc) is 2.65. The van der Waals surface area contributed by atoms with Gasteiger partial charge in [0.1, 0.15) is 0 Å². The van der Waals surface area contributed by atoms with E-state index in [-0.39, 0.29) is 0 Å². The summed E-state index contributed by atoms with van der Waals surface area (Å²) in [6, 6.07) is 8.48. The highest BCUT2D eigenvalue weighted by Gasteiger charge is 2.24. The highest BCUT2D eigenvalue weighted by Crippen LogP contribution is 2.32. The van der Waals surface area contributed by atoms with E-state index in [1.54, 1.807) is 0 Å². The van der Waals surface area contributed by atoms with Gasteiger partial charge in [-0.2, -0.15) is 0 Å². The largest absolute Gasteiger partial charge is 0.320 e. The molecule has 1 aromatic carbocycles. The van der Waals surface area contributed by atoms with Gasteiger partial charge in [0.2, 0.25) is 0 Å². The van der Waals surface area contributed by atoms with Crippen molar-refractivity contribution < 1.29 is 0 Å². The van der Waals surface area contributed by atoms with Crippen LogP contribution in [-0.4, -0.2) is 25.1 Å². The first-order valence-corrected chi connectivity index (χ1v) is 4.37. The molecule has 1 atom stereocenters. The fourth-order valence-electron chi connectivity index (χ4n) is 1.73. The van der Waals surface area contributed by atoms with E-state index in [0.29, 0.717) is 6.04 Å². The number of nitrogens with zero attached hydrogens (tertiary/aromatic N) is 3. The summed E-state index contributed by atoms with van der Waals surface area (Å²) in [5.41, 5.74) is 2.20. The lowest BCUT2D eigenvalue weighted by atomic mass is 10.2. The molecule has 0 spiro atoms. The summed E-state index contributed by atoms with van der Waals surface area (Å²) in [5, 5.41) is 0. The molecule has 0 aliphatic carbocycles. The Labute approximate surface area is 76.4 Å². The standard InChI is InChI=1S/C10H9N3/c1-2-4-10-9(3-1)12-6-8-5-11-7-13(8)10/h1-4,6-8H,5H2. The summed E-state index contributed by atoms with van der Waals surface area (Å²) in [6.07, 6.45) is 3.87. The zero-order valence-electron chi connectivity index (χ0n) is 7.09. The molecule has 1 unspecified atom stereocenters. The van der Waals surface area contributed by atoms with Crippen LogP contribution in [0.2, 0.25) is 0 Å². The van der Waals surface area contributed by atoms with E-state index >= 15 is 0 Å². The molecular formula is C10H9N3. The molecule has 0 amide bonds. The molecule has 64 valence electrons. The van der Waals surface area contributed by atoms with Crippen LogP contribution in [0.1, 0.15) is 0 Å². The number of rotatable bonds is 0. The molecule has 3 rings (SSSR count). The molecule has 0 radical (unpaired) electrons. The van der Waals surface area contributed by atoms with Gasteiger partial charge in [-0.25, -0.2) is 0 Å². The van der Waals surface area contributed by atoms with Crippen molar-refractivity contribution in [3.63, 3.8) is 0 Å². The average molecular weight is 171 g/mol. The van der Waals surface area contributed by atoms with Crippen molar-refractivity contribution in [1.29, 1.82) is 0 Å². The Hall–Kier alpha value is -1.64. The maximum Gasteiger partial charge on any atom is 0.0902 e. The number of aliphatic imine (C=N–C) groups is 2. The summed E-state index contributed by atoms with van der Waals surface area (Å²) in [5.74, 6) is 0. The number of hydrogen-bond donors (Lipinski definition) is 0. The summed E-state index contributed by atoms with van der Waals surface area (Å²) in [4.78, 5) is 10.8. The van der Waals surface area contributed by atoms with Gasteiger partial charge in [-0.1, -0.05) is 12.1 Å². The molecule has 1 aromatic rings. The van der Waals surface area contributed by atoms with Crippen LogP contribution in [-0.2, 0) is 0 Å². The van der Waals surface area contributed by atoms with Crippen LogP contribution in [0.5, 0.6) is 0 Å². The van der Waals surface area contributed by atoms with E-state index in [1.165, 1.54) is 0 Å². The molecule has 2 aliphatic heterocycles. The second-order valence-electron chi connectivity index (χ2n) is 3.22. The normalized spacial score (nSPS) is 23.1.